The van der Waals surface area contributed by atoms with Gasteiger partial charge in [-0.05, 0) is 29.8 Å². The number of nitrogens with zero attached hydrogens (tertiary/aromatic N) is 4. The van der Waals surface area contributed by atoms with Crippen molar-refractivity contribution in [3.05, 3.63) is 35.7 Å². The predicted octanol–water partition coefficient (Wildman–Crippen LogP) is 0.809. The molecule has 1 aromatic heterocycles. The molecule has 1 aromatic carbocycles. The van der Waals surface area contributed by atoms with Crippen molar-refractivity contribution >= 4 is 0 Å². The molecule has 0 aliphatic rings. The molecular formula is C11H15N5O. The van der Waals surface area contributed by atoms with Gasteiger partial charge in [-0.1, -0.05) is 12.1 Å². The first-order chi connectivity index (χ1) is 8.15. The van der Waals surface area contributed by atoms with E-state index in [1.54, 1.807) is 7.05 Å². The summed E-state index contributed by atoms with van der Waals surface area (Å²) in [6.07, 6.45) is 0. The fourth-order valence-electron chi connectivity index (χ4n) is 1.42. The molecule has 0 saturated carbocycles. The fourth-order valence-corrected chi connectivity index (χ4v) is 1.42. The second-order valence-electron chi connectivity index (χ2n) is 3.84. The predicted molar refractivity (Wildman–Crippen MR) is 62.2 cm³/mol. The lowest BCUT2D eigenvalue weighted by atomic mass is 10.1. The summed E-state index contributed by atoms with van der Waals surface area (Å²) in [4.78, 5) is 1.40. The Hall–Kier alpha value is -1.95. The number of nitrogens with two attached hydrogens (primary N) is 1. The minimum absolute atomic E-state index is 0.00630. The molecule has 0 radical (unpaired) electrons. The van der Waals surface area contributed by atoms with Crippen molar-refractivity contribution in [2.24, 2.45) is 12.8 Å². The van der Waals surface area contributed by atoms with Gasteiger partial charge in [0.1, 0.15) is 5.75 Å². The first-order valence-corrected chi connectivity index (χ1v) is 5.36. The Morgan fingerprint density at radius 2 is 2.29 bits per heavy atom. The highest BCUT2D eigenvalue weighted by Gasteiger charge is 2.04. The van der Waals surface area contributed by atoms with Gasteiger partial charge >= 0.3 is 0 Å². The lowest BCUT2D eigenvalue weighted by Crippen LogP contribution is -2.05. The molecule has 1 atom stereocenters. The zero-order valence-electron chi connectivity index (χ0n) is 9.87. The van der Waals surface area contributed by atoms with Gasteiger partial charge in [-0.2, -0.15) is 4.80 Å². The topological polar surface area (TPSA) is 78.9 Å². The Labute approximate surface area is 99.4 Å². The molecular weight excluding hydrogens is 218 g/mol. The number of ether oxygens (including phenoxy) is 1. The molecule has 0 spiro atoms. The van der Waals surface area contributed by atoms with Crippen molar-refractivity contribution in [1.29, 1.82) is 0 Å². The second kappa shape index (κ2) is 4.92. The van der Waals surface area contributed by atoms with Crippen molar-refractivity contribution in [2.75, 3.05) is 0 Å². The highest BCUT2D eigenvalue weighted by atomic mass is 16.5. The van der Waals surface area contributed by atoms with E-state index in [1.165, 1.54) is 4.80 Å². The van der Waals surface area contributed by atoms with Gasteiger partial charge in [0.2, 0.25) is 5.82 Å². The Morgan fingerprint density at radius 3 is 2.94 bits per heavy atom. The van der Waals surface area contributed by atoms with Crippen LogP contribution in [0, 0.1) is 0 Å². The number of aryl methyl sites for hydroxylation is 1. The minimum atomic E-state index is -0.00630. The molecule has 17 heavy (non-hydrogen) atoms. The zero-order valence-corrected chi connectivity index (χ0v) is 9.87. The van der Waals surface area contributed by atoms with Gasteiger partial charge in [-0.15, -0.1) is 10.2 Å². The van der Waals surface area contributed by atoms with Crippen LogP contribution in [0.3, 0.4) is 0 Å². The van der Waals surface area contributed by atoms with Gasteiger partial charge in [0, 0.05) is 6.04 Å². The Kier molecular flexibility index (Phi) is 3.34. The molecule has 2 rings (SSSR count). The van der Waals surface area contributed by atoms with Crippen molar-refractivity contribution < 1.29 is 4.74 Å². The summed E-state index contributed by atoms with van der Waals surface area (Å²) in [6.45, 7) is 2.24. The van der Waals surface area contributed by atoms with Gasteiger partial charge in [-0.25, -0.2) is 0 Å². The standard InChI is InChI=1S/C11H15N5O/c1-8(12)9-4-3-5-10(6-9)17-7-11-13-15-16(2)14-11/h3-6,8H,7,12H2,1-2H3. The molecule has 90 valence electrons. The number of rotatable bonds is 4. The summed E-state index contributed by atoms with van der Waals surface area (Å²) in [6, 6.07) is 7.67. The summed E-state index contributed by atoms with van der Waals surface area (Å²) in [5, 5.41) is 11.6. The normalized spacial score (nSPS) is 12.4. The minimum Gasteiger partial charge on any atom is -0.485 e. The van der Waals surface area contributed by atoms with E-state index in [0.29, 0.717) is 12.4 Å². The first-order valence-electron chi connectivity index (χ1n) is 5.36. The molecule has 0 fully saturated rings. The van der Waals surface area contributed by atoms with Gasteiger partial charge in [0.25, 0.3) is 0 Å². The molecule has 2 aromatic rings. The van der Waals surface area contributed by atoms with Crippen LogP contribution in [0.2, 0.25) is 0 Å². The largest absolute Gasteiger partial charge is 0.485 e. The lowest BCUT2D eigenvalue weighted by Gasteiger charge is -2.08. The van der Waals surface area contributed by atoms with E-state index in [4.69, 9.17) is 10.5 Å². The van der Waals surface area contributed by atoms with E-state index in [2.05, 4.69) is 15.4 Å². The third kappa shape index (κ3) is 3.01. The average Bonchev–Trinajstić information content (AvgIpc) is 2.73. The molecule has 6 heteroatoms. The lowest BCUT2D eigenvalue weighted by molar-refractivity contribution is 0.295. The molecule has 1 heterocycles. The summed E-state index contributed by atoms with van der Waals surface area (Å²) in [5.74, 6) is 1.31. The van der Waals surface area contributed by atoms with Crippen LogP contribution in [0.1, 0.15) is 24.4 Å². The van der Waals surface area contributed by atoms with Crippen LogP contribution >= 0.6 is 0 Å². The first kappa shape index (κ1) is 11.5. The highest BCUT2D eigenvalue weighted by molar-refractivity contribution is 5.30. The van der Waals surface area contributed by atoms with Gasteiger partial charge in [-0.3, -0.25) is 0 Å². The number of benzene rings is 1. The molecule has 0 aliphatic heterocycles. The summed E-state index contributed by atoms with van der Waals surface area (Å²) in [7, 11) is 1.72. The molecule has 0 saturated heterocycles. The van der Waals surface area contributed by atoms with Crippen molar-refractivity contribution in [2.45, 2.75) is 19.6 Å². The smallest absolute Gasteiger partial charge is 0.212 e. The van der Waals surface area contributed by atoms with Crippen molar-refractivity contribution in [1.82, 2.24) is 20.2 Å². The number of aromatic nitrogens is 4. The summed E-state index contributed by atoms with van der Waals surface area (Å²) < 4.78 is 5.56. The number of hydrogen-bond donors (Lipinski definition) is 1. The maximum absolute atomic E-state index is 5.80. The second-order valence-corrected chi connectivity index (χ2v) is 3.84. The van der Waals surface area contributed by atoms with E-state index in [9.17, 15) is 0 Å². The quantitative estimate of drug-likeness (QED) is 0.845. The zero-order chi connectivity index (χ0) is 12.3. The van der Waals surface area contributed by atoms with Crippen LogP contribution in [0.15, 0.2) is 24.3 Å². The van der Waals surface area contributed by atoms with Crippen LogP contribution in [-0.2, 0) is 13.7 Å². The maximum atomic E-state index is 5.80. The molecule has 2 N–H and O–H groups in total. The number of tetrazole rings is 1. The van der Waals surface area contributed by atoms with Crippen LogP contribution < -0.4 is 10.5 Å². The van der Waals surface area contributed by atoms with Crippen molar-refractivity contribution in [3.8, 4) is 5.75 Å². The third-order valence-corrected chi connectivity index (χ3v) is 2.30. The Bertz CT molecular complexity index is 494. The van der Waals surface area contributed by atoms with Gasteiger partial charge < -0.3 is 10.5 Å². The van der Waals surface area contributed by atoms with Crippen LogP contribution in [0.5, 0.6) is 5.75 Å². The van der Waals surface area contributed by atoms with E-state index in [0.717, 1.165) is 11.3 Å². The summed E-state index contributed by atoms with van der Waals surface area (Å²) >= 11 is 0. The van der Waals surface area contributed by atoms with E-state index >= 15 is 0 Å². The average molecular weight is 233 g/mol. The Morgan fingerprint density at radius 1 is 1.47 bits per heavy atom. The van der Waals surface area contributed by atoms with Crippen LogP contribution in [-0.4, -0.2) is 20.2 Å². The monoisotopic (exact) mass is 233 g/mol. The molecule has 0 bridgehead atoms. The third-order valence-electron chi connectivity index (χ3n) is 2.30. The van der Waals surface area contributed by atoms with E-state index in [1.807, 2.05) is 31.2 Å². The molecule has 0 amide bonds. The Balaban J connectivity index is 2.01. The number of hydrogen-bond acceptors (Lipinski definition) is 5. The van der Waals surface area contributed by atoms with E-state index < -0.39 is 0 Å². The van der Waals surface area contributed by atoms with Crippen LogP contribution in [0.25, 0.3) is 0 Å². The SMILES string of the molecule is CC(N)c1cccc(OCc2nnn(C)n2)c1. The molecule has 1 unspecified atom stereocenters. The maximum Gasteiger partial charge on any atom is 0.212 e. The fraction of sp³-hybridized carbons (Fsp3) is 0.364. The van der Waals surface area contributed by atoms with Crippen molar-refractivity contribution in [3.63, 3.8) is 0 Å². The van der Waals surface area contributed by atoms with E-state index in [-0.39, 0.29) is 6.04 Å². The summed E-state index contributed by atoms with van der Waals surface area (Å²) in [5.41, 5.74) is 6.84. The highest BCUT2D eigenvalue weighted by Crippen LogP contribution is 2.18. The van der Waals surface area contributed by atoms with Crippen LogP contribution in [0.4, 0.5) is 0 Å². The van der Waals surface area contributed by atoms with Gasteiger partial charge in [0.05, 0.1) is 7.05 Å². The molecule has 0 aliphatic carbocycles. The van der Waals surface area contributed by atoms with Gasteiger partial charge in [0.15, 0.2) is 6.61 Å². The molecule has 6 nitrogen and oxygen atoms in total.